The van der Waals surface area contributed by atoms with E-state index in [2.05, 4.69) is 0 Å². The molecule has 0 spiro atoms. The number of nitrogens with zero attached hydrogens (tertiary/aromatic N) is 1. The van der Waals surface area contributed by atoms with Gasteiger partial charge in [-0.1, -0.05) is 54.6 Å². The highest BCUT2D eigenvalue weighted by Crippen LogP contribution is 2.34. The van der Waals surface area contributed by atoms with Crippen molar-refractivity contribution in [3.05, 3.63) is 82.8 Å². The zero-order valence-corrected chi connectivity index (χ0v) is 16.7. The monoisotopic (exact) mass is 418 g/mol. The topological polar surface area (TPSA) is 89.7 Å². The standard InChI is InChI=1S/C23H18N2O4S/c24-21(26)14-29-18-10-8-15(9-11-18)12-20-22(27)25(23(28)30-20)13-17-6-3-5-16-4-1-2-7-19(16)17/h1-12H,13-14H2,(H2,24,26)/b20-12+. The third-order valence-electron chi connectivity index (χ3n) is 4.64. The highest BCUT2D eigenvalue weighted by atomic mass is 32.2. The number of ether oxygens (including phenoxy) is 1. The first-order valence-corrected chi connectivity index (χ1v) is 10.1. The normalized spacial score (nSPS) is 15.2. The minimum absolute atomic E-state index is 0.202. The van der Waals surface area contributed by atoms with E-state index in [0.29, 0.717) is 10.7 Å². The lowest BCUT2D eigenvalue weighted by Crippen LogP contribution is -2.27. The van der Waals surface area contributed by atoms with Gasteiger partial charge in [0.05, 0.1) is 11.4 Å². The molecule has 1 fully saturated rings. The number of amides is 3. The lowest BCUT2D eigenvalue weighted by atomic mass is 10.0. The second-order valence-electron chi connectivity index (χ2n) is 6.73. The zero-order valence-electron chi connectivity index (χ0n) is 15.9. The molecule has 2 N–H and O–H groups in total. The van der Waals surface area contributed by atoms with Crippen LogP contribution in [-0.4, -0.2) is 28.6 Å². The molecule has 0 unspecified atom stereocenters. The summed E-state index contributed by atoms with van der Waals surface area (Å²) in [7, 11) is 0. The number of thioether (sulfide) groups is 1. The Labute approximate surface area is 177 Å². The summed E-state index contributed by atoms with van der Waals surface area (Å²) in [6, 6.07) is 20.6. The maximum Gasteiger partial charge on any atom is 0.293 e. The van der Waals surface area contributed by atoms with Gasteiger partial charge >= 0.3 is 0 Å². The molecule has 7 heteroatoms. The second-order valence-corrected chi connectivity index (χ2v) is 7.72. The van der Waals surface area contributed by atoms with Gasteiger partial charge in [0.25, 0.3) is 17.1 Å². The number of carbonyl (C=O) groups excluding carboxylic acids is 3. The third kappa shape index (κ3) is 4.21. The molecule has 4 rings (SSSR count). The molecule has 6 nitrogen and oxygen atoms in total. The van der Waals surface area contributed by atoms with Crippen molar-refractivity contribution in [2.24, 2.45) is 5.73 Å². The number of primary amides is 1. The van der Waals surface area contributed by atoms with Crippen molar-refractivity contribution >= 4 is 45.7 Å². The number of fused-ring (bicyclic) bond motifs is 1. The third-order valence-corrected chi connectivity index (χ3v) is 5.55. The number of rotatable bonds is 6. The first kappa shape index (κ1) is 19.7. The van der Waals surface area contributed by atoms with Gasteiger partial charge in [-0.3, -0.25) is 19.3 Å². The molecule has 1 saturated heterocycles. The molecule has 30 heavy (non-hydrogen) atoms. The molecule has 150 valence electrons. The van der Waals surface area contributed by atoms with Crippen molar-refractivity contribution in [3.8, 4) is 5.75 Å². The smallest absolute Gasteiger partial charge is 0.293 e. The van der Waals surface area contributed by atoms with Gasteiger partial charge in [-0.05, 0) is 51.9 Å². The maximum absolute atomic E-state index is 12.8. The summed E-state index contributed by atoms with van der Waals surface area (Å²) >= 11 is 0.926. The van der Waals surface area contributed by atoms with E-state index >= 15 is 0 Å². The molecule has 0 radical (unpaired) electrons. The summed E-state index contributed by atoms with van der Waals surface area (Å²) in [5.41, 5.74) is 6.73. The molecule has 3 aromatic carbocycles. The largest absolute Gasteiger partial charge is 0.484 e. The SMILES string of the molecule is NC(=O)COc1ccc(/C=C2/SC(=O)N(Cc3cccc4ccccc34)C2=O)cc1. The fraction of sp³-hybridized carbons (Fsp3) is 0.0870. The van der Waals surface area contributed by atoms with Crippen molar-refractivity contribution in [2.75, 3.05) is 6.61 Å². The van der Waals surface area contributed by atoms with Crippen LogP contribution in [0.3, 0.4) is 0 Å². The molecule has 1 aliphatic heterocycles. The summed E-state index contributed by atoms with van der Waals surface area (Å²) in [5.74, 6) is -0.374. The van der Waals surface area contributed by atoms with Gasteiger partial charge in [0, 0.05) is 0 Å². The van der Waals surface area contributed by atoms with E-state index in [9.17, 15) is 14.4 Å². The van der Waals surface area contributed by atoms with Crippen LogP contribution in [0.1, 0.15) is 11.1 Å². The number of imide groups is 1. The number of carbonyl (C=O) groups is 3. The second kappa shape index (κ2) is 8.42. The van der Waals surface area contributed by atoms with E-state index in [1.54, 1.807) is 30.3 Å². The van der Waals surface area contributed by atoms with Gasteiger partial charge in [0.15, 0.2) is 6.61 Å². The van der Waals surface area contributed by atoms with Crippen LogP contribution in [0.5, 0.6) is 5.75 Å². The van der Waals surface area contributed by atoms with E-state index in [1.807, 2.05) is 42.5 Å². The fourth-order valence-corrected chi connectivity index (χ4v) is 4.04. The lowest BCUT2D eigenvalue weighted by molar-refractivity contribution is -0.123. The Kier molecular flexibility index (Phi) is 5.54. The van der Waals surface area contributed by atoms with Gasteiger partial charge < -0.3 is 10.5 Å². The predicted molar refractivity (Wildman–Crippen MR) is 117 cm³/mol. The maximum atomic E-state index is 12.8. The highest BCUT2D eigenvalue weighted by Gasteiger charge is 2.35. The molecule has 1 aliphatic rings. The predicted octanol–water partition coefficient (Wildman–Crippen LogP) is 3.94. The van der Waals surface area contributed by atoms with Crippen LogP contribution in [0.2, 0.25) is 0 Å². The van der Waals surface area contributed by atoms with Crippen LogP contribution < -0.4 is 10.5 Å². The van der Waals surface area contributed by atoms with Crippen molar-refractivity contribution in [1.82, 2.24) is 4.90 Å². The van der Waals surface area contributed by atoms with Gasteiger partial charge in [-0.15, -0.1) is 0 Å². The van der Waals surface area contributed by atoms with E-state index in [1.165, 1.54) is 4.90 Å². The van der Waals surface area contributed by atoms with Crippen molar-refractivity contribution in [2.45, 2.75) is 6.54 Å². The Bertz CT molecular complexity index is 1170. The van der Waals surface area contributed by atoms with Crippen molar-refractivity contribution in [1.29, 1.82) is 0 Å². The number of nitrogens with two attached hydrogens (primary N) is 1. The van der Waals surface area contributed by atoms with E-state index in [0.717, 1.165) is 33.7 Å². The van der Waals surface area contributed by atoms with E-state index < -0.39 is 5.91 Å². The highest BCUT2D eigenvalue weighted by molar-refractivity contribution is 8.18. The minimum Gasteiger partial charge on any atom is -0.484 e. The summed E-state index contributed by atoms with van der Waals surface area (Å²) in [4.78, 5) is 37.8. The molecule has 3 amide bonds. The van der Waals surface area contributed by atoms with Gasteiger partial charge in [0.2, 0.25) is 0 Å². The molecule has 0 aromatic heterocycles. The molecule has 0 atom stereocenters. The van der Waals surface area contributed by atoms with Crippen LogP contribution in [0.4, 0.5) is 4.79 Å². The molecule has 3 aromatic rings. The van der Waals surface area contributed by atoms with Crippen LogP contribution >= 0.6 is 11.8 Å². The Morgan fingerprint density at radius 2 is 1.73 bits per heavy atom. The summed E-state index contributed by atoms with van der Waals surface area (Å²) in [5, 5.41) is 1.80. The molecule has 0 saturated carbocycles. The van der Waals surface area contributed by atoms with Crippen LogP contribution in [0.15, 0.2) is 71.6 Å². The quantitative estimate of drug-likeness (QED) is 0.613. The Morgan fingerprint density at radius 1 is 1.00 bits per heavy atom. The Balaban J connectivity index is 1.51. The van der Waals surface area contributed by atoms with Crippen molar-refractivity contribution < 1.29 is 19.1 Å². The number of hydrogen-bond acceptors (Lipinski definition) is 5. The molecule has 1 heterocycles. The Hall–Kier alpha value is -3.58. The molecular weight excluding hydrogens is 400 g/mol. The minimum atomic E-state index is -0.557. The zero-order chi connectivity index (χ0) is 21.1. The average molecular weight is 418 g/mol. The Morgan fingerprint density at radius 3 is 2.50 bits per heavy atom. The molecule has 0 bridgehead atoms. The molecule has 0 aliphatic carbocycles. The first-order valence-electron chi connectivity index (χ1n) is 9.24. The average Bonchev–Trinajstić information content (AvgIpc) is 3.01. The van der Waals surface area contributed by atoms with Crippen LogP contribution in [-0.2, 0) is 16.1 Å². The number of benzene rings is 3. The van der Waals surface area contributed by atoms with Gasteiger partial charge in [0.1, 0.15) is 5.75 Å². The van der Waals surface area contributed by atoms with Gasteiger partial charge in [-0.2, -0.15) is 0 Å². The first-order chi connectivity index (χ1) is 14.5. The van der Waals surface area contributed by atoms with Crippen molar-refractivity contribution in [3.63, 3.8) is 0 Å². The fourth-order valence-electron chi connectivity index (χ4n) is 3.20. The summed E-state index contributed by atoms with van der Waals surface area (Å²) in [6.07, 6.45) is 1.67. The lowest BCUT2D eigenvalue weighted by Gasteiger charge is -2.14. The van der Waals surface area contributed by atoms with E-state index in [-0.39, 0.29) is 24.3 Å². The van der Waals surface area contributed by atoms with Crippen LogP contribution in [0.25, 0.3) is 16.8 Å². The van der Waals surface area contributed by atoms with Gasteiger partial charge in [-0.25, -0.2) is 0 Å². The summed E-state index contributed by atoms with van der Waals surface area (Å²) < 4.78 is 5.22. The molecular formula is C23H18N2O4S. The van der Waals surface area contributed by atoms with Crippen LogP contribution in [0, 0.1) is 0 Å². The van der Waals surface area contributed by atoms with E-state index in [4.69, 9.17) is 10.5 Å². The summed E-state index contributed by atoms with van der Waals surface area (Å²) in [6.45, 7) is 0.0235. The number of hydrogen-bond donors (Lipinski definition) is 1.